The Hall–Kier alpha value is -1.84. The maximum absolute atomic E-state index is 15.3. The van der Waals surface area contributed by atoms with Crippen molar-refractivity contribution < 1.29 is 8.81 Å². The van der Waals surface area contributed by atoms with Gasteiger partial charge in [0.2, 0.25) is 5.67 Å². The Morgan fingerprint density at radius 3 is 2.55 bits per heavy atom. The highest BCUT2D eigenvalue weighted by molar-refractivity contribution is 6.31. The Morgan fingerprint density at radius 2 is 1.85 bits per heavy atom. The smallest absolute Gasteiger partial charge is 0.205 e. The van der Waals surface area contributed by atoms with E-state index in [1.54, 1.807) is 48.5 Å². The molecular formula is C16H13ClFNO. The highest BCUT2D eigenvalue weighted by atomic mass is 35.5. The SMILES string of the molecule is NCC(F)(c1ccccc1)c1cc2cc(Cl)ccc2o1. The lowest BCUT2D eigenvalue weighted by Crippen LogP contribution is -2.31. The van der Waals surface area contributed by atoms with Crippen LogP contribution in [0.15, 0.2) is 59.0 Å². The molecule has 0 radical (unpaired) electrons. The highest BCUT2D eigenvalue weighted by Gasteiger charge is 2.36. The molecule has 1 unspecified atom stereocenters. The molecule has 0 spiro atoms. The van der Waals surface area contributed by atoms with Gasteiger partial charge in [-0.1, -0.05) is 41.9 Å². The van der Waals surface area contributed by atoms with Gasteiger partial charge in [0.25, 0.3) is 0 Å². The molecule has 0 aliphatic carbocycles. The van der Waals surface area contributed by atoms with Crippen molar-refractivity contribution in [2.45, 2.75) is 5.67 Å². The molecule has 0 aliphatic heterocycles. The predicted molar refractivity (Wildman–Crippen MR) is 78.6 cm³/mol. The summed E-state index contributed by atoms with van der Waals surface area (Å²) >= 11 is 5.93. The third kappa shape index (κ3) is 2.09. The van der Waals surface area contributed by atoms with Crippen LogP contribution in [0, 0.1) is 0 Å². The lowest BCUT2D eigenvalue weighted by atomic mass is 9.93. The van der Waals surface area contributed by atoms with Gasteiger partial charge in [0.05, 0.1) is 0 Å². The minimum absolute atomic E-state index is 0.190. The van der Waals surface area contributed by atoms with Gasteiger partial charge < -0.3 is 10.2 Å². The summed E-state index contributed by atoms with van der Waals surface area (Å²) in [5.41, 5.74) is 4.89. The summed E-state index contributed by atoms with van der Waals surface area (Å²) in [5, 5.41) is 1.35. The molecule has 0 bridgehead atoms. The molecule has 2 aromatic carbocycles. The van der Waals surface area contributed by atoms with Crippen LogP contribution in [0.5, 0.6) is 0 Å². The number of hydrogen-bond acceptors (Lipinski definition) is 2. The van der Waals surface area contributed by atoms with Crippen molar-refractivity contribution in [2.24, 2.45) is 5.73 Å². The third-order valence-electron chi connectivity index (χ3n) is 3.38. The van der Waals surface area contributed by atoms with Crippen LogP contribution >= 0.6 is 11.6 Å². The lowest BCUT2D eigenvalue weighted by molar-refractivity contribution is 0.194. The van der Waals surface area contributed by atoms with Crippen LogP contribution in [0.1, 0.15) is 11.3 Å². The lowest BCUT2D eigenvalue weighted by Gasteiger charge is -2.21. The van der Waals surface area contributed by atoms with E-state index in [2.05, 4.69) is 0 Å². The molecule has 0 fully saturated rings. The van der Waals surface area contributed by atoms with Crippen LogP contribution in [-0.2, 0) is 5.67 Å². The standard InChI is InChI=1S/C16H13ClFNO/c17-13-6-7-14-11(8-13)9-15(20-14)16(18,10-19)12-4-2-1-3-5-12/h1-9H,10,19H2. The fourth-order valence-electron chi connectivity index (χ4n) is 2.27. The number of alkyl halides is 1. The van der Waals surface area contributed by atoms with Gasteiger partial charge in [0, 0.05) is 17.0 Å². The molecule has 2 nitrogen and oxygen atoms in total. The molecule has 1 aromatic heterocycles. The number of fused-ring (bicyclic) bond motifs is 1. The average Bonchev–Trinajstić information content (AvgIpc) is 2.90. The van der Waals surface area contributed by atoms with Crippen LogP contribution < -0.4 is 5.73 Å². The van der Waals surface area contributed by atoms with Gasteiger partial charge >= 0.3 is 0 Å². The number of rotatable bonds is 3. The number of benzene rings is 2. The Kier molecular flexibility index (Phi) is 3.24. The number of halogens is 2. The van der Waals surface area contributed by atoms with Gasteiger partial charge in [-0.25, -0.2) is 4.39 Å². The van der Waals surface area contributed by atoms with Crippen LogP contribution in [0.2, 0.25) is 5.02 Å². The summed E-state index contributed by atoms with van der Waals surface area (Å²) in [4.78, 5) is 0. The molecule has 20 heavy (non-hydrogen) atoms. The summed E-state index contributed by atoms with van der Waals surface area (Å²) in [5.74, 6) is 0.198. The van der Waals surface area contributed by atoms with Crippen molar-refractivity contribution in [1.29, 1.82) is 0 Å². The fourth-order valence-corrected chi connectivity index (χ4v) is 2.45. The maximum atomic E-state index is 15.3. The van der Waals surface area contributed by atoms with Gasteiger partial charge in [-0.15, -0.1) is 0 Å². The molecule has 2 N–H and O–H groups in total. The van der Waals surface area contributed by atoms with Gasteiger partial charge in [-0.3, -0.25) is 0 Å². The molecule has 0 saturated heterocycles. The summed E-state index contributed by atoms with van der Waals surface area (Å²) in [6.45, 7) is -0.190. The van der Waals surface area contributed by atoms with E-state index in [-0.39, 0.29) is 12.3 Å². The zero-order valence-electron chi connectivity index (χ0n) is 10.6. The number of nitrogens with two attached hydrogens (primary N) is 1. The van der Waals surface area contributed by atoms with Crippen molar-refractivity contribution in [3.8, 4) is 0 Å². The zero-order chi connectivity index (χ0) is 14.2. The molecule has 4 heteroatoms. The first-order valence-electron chi connectivity index (χ1n) is 6.27. The molecule has 0 aliphatic rings. The Morgan fingerprint density at radius 1 is 1.10 bits per heavy atom. The molecule has 0 amide bonds. The second-order valence-electron chi connectivity index (χ2n) is 4.66. The normalized spacial score (nSPS) is 14.3. The van der Waals surface area contributed by atoms with E-state index in [1.165, 1.54) is 0 Å². The van der Waals surface area contributed by atoms with E-state index in [1.807, 2.05) is 6.07 Å². The molecule has 0 saturated carbocycles. The second-order valence-corrected chi connectivity index (χ2v) is 5.10. The minimum Gasteiger partial charge on any atom is -0.457 e. The van der Waals surface area contributed by atoms with Crippen molar-refractivity contribution in [2.75, 3.05) is 6.54 Å². The average molecular weight is 290 g/mol. The molecular weight excluding hydrogens is 277 g/mol. The van der Waals surface area contributed by atoms with Gasteiger partial charge in [0.15, 0.2) is 0 Å². The second kappa shape index (κ2) is 4.93. The van der Waals surface area contributed by atoms with E-state index in [0.29, 0.717) is 16.2 Å². The van der Waals surface area contributed by atoms with Crippen molar-refractivity contribution in [1.82, 2.24) is 0 Å². The van der Waals surface area contributed by atoms with E-state index in [4.69, 9.17) is 21.8 Å². The molecule has 3 aromatic rings. The molecule has 1 heterocycles. The van der Waals surface area contributed by atoms with Crippen LogP contribution in [-0.4, -0.2) is 6.54 Å². The summed E-state index contributed by atoms with van der Waals surface area (Å²) < 4.78 is 20.9. The van der Waals surface area contributed by atoms with E-state index in [0.717, 1.165) is 5.39 Å². The zero-order valence-corrected chi connectivity index (χ0v) is 11.4. The predicted octanol–water partition coefficient (Wildman–Crippen LogP) is 4.26. The monoisotopic (exact) mass is 289 g/mol. The van der Waals surface area contributed by atoms with Crippen molar-refractivity contribution >= 4 is 22.6 Å². The van der Waals surface area contributed by atoms with Gasteiger partial charge in [0.1, 0.15) is 11.3 Å². The Bertz CT molecular complexity index is 741. The first-order chi connectivity index (χ1) is 9.63. The minimum atomic E-state index is -1.84. The van der Waals surface area contributed by atoms with Crippen molar-refractivity contribution in [3.05, 3.63) is 70.9 Å². The quantitative estimate of drug-likeness (QED) is 0.782. The highest BCUT2D eigenvalue weighted by Crippen LogP contribution is 2.36. The summed E-state index contributed by atoms with van der Waals surface area (Å²) in [7, 11) is 0. The van der Waals surface area contributed by atoms with E-state index >= 15 is 4.39 Å². The topological polar surface area (TPSA) is 39.2 Å². The number of furan rings is 1. The van der Waals surface area contributed by atoms with Crippen LogP contribution in [0.3, 0.4) is 0 Å². The summed E-state index contributed by atoms with van der Waals surface area (Å²) in [6, 6.07) is 15.6. The van der Waals surface area contributed by atoms with Gasteiger partial charge in [-0.05, 0) is 29.8 Å². The molecule has 102 valence electrons. The fraction of sp³-hybridized carbons (Fsp3) is 0.125. The van der Waals surface area contributed by atoms with Gasteiger partial charge in [-0.2, -0.15) is 0 Å². The molecule has 1 atom stereocenters. The first-order valence-corrected chi connectivity index (χ1v) is 6.65. The van der Waals surface area contributed by atoms with E-state index in [9.17, 15) is 0 Å². The Balaban J connectivity index is 2.16. The molecule has 3 rings (SSSR count). The summed E-state index contributed by atoms with van der Waals surface area (Å²) in [6.07, 6.45) is 0. The Labute approximate surface area is 121 Å². The third-order valence-corrected chi connectivity index (χ3v) is 3.62. The van der Waals surface area contributed by atoms with Crippen LogP contribution in [0.25, 0.3) is 11.0 Å². The first kappa shape index (κ1) is 13.2. The number of hydrogen-bond donors (Lipinski definition) is 1. The van der Waals surface area contributed by atoms with E-state index < -0.39 is 5.67 Å². The van der Waals surface area contributed by atoms with Crippen LogP contribution in [0.4, 0.5) is 4.39 Å². The van der Waals surface area contributed by atoms with Crippen molar-refractivity contribution in [3.63, 3.8) is 0 Å². The maximum Gasteiger partial charge on any atom is 0.205 e. The largest absolute Gasteiger partial charge is 0.457 e.